The Hall–Kier alpha value is -0.600. The van der Waals surface area contributed by atoms with E-state index in [1.165, 1.54) is 0 Å². The summed E-state index contributed by atoms with van der Waals surface area (Å²) in [6.45, 7) is 0.925. The number of rotatable bonds is 3. The van der Waals surface area contributed by atoms with Crippen molar-refractivity contribution in [2.75, 3.05) is 20.6 Å². The molecular weight excluding hydrogens is 150 g/mol. The molecule has 1 N–H and O–H groups in total. The Balaban J connectivity index is 2.39. The summed E-state index contributed by atoms with van der Waals surface area (Å²) in [5, 5.41) is 9.96. The van der Waals surface area contributed by atoms with Crippen LogP contribution in [0, 0.1) is 0 Å². The summed E-state index contributed by atoms with van der Waals surface area (Å²) in [4.78, 5) is 2.09. The highest BCUT2D eigenvalue weighted by Gasteiger charge is 2.22. The Kier molecular flexibility index (Phi) is 3.06. The highest BCUT2D eigenvalue weighted by atomic mass is 16.3. The fraction of sp³-hybridized carbons (Fsp3) is 0.600. The fourth-order valence-electron chi connectivity index (χ4n) is 1.26. The normalized spacial score (nSPS) is 28.3. The Morgan fingerprint density at radius 2 is 2.17 bits per heavy atom. The van der Waals surface area contributed by atoms with Gasteiger partial charge in [0.2, 0.25) is 0 Å². The number of nitrogens with zero attached hydrogens (tertiary/aromatic N) is 1. The van der Waals surface area contributed by atoms with Crippen molar-refractivity contribution in [3.63, 3.8) is 0 Å². The lowest BCUT2D eigenvalue weighted by Crippen LogP contribution is -2.31. The maximum absolute atomic E-state index is 9.96. The van der Waals surface area contributed by atoms with Crippen LogP contribution in [-0.2, 0) is 0 Å². The van der Waals surface area contributed by atoms with Crippen LogP contribution in [-0.4, -0.2) is 36.2 Å². The van der Waals surface area contributed by atoms with Crippen molar-refractivity contribution in [2.45, 2.75) is 18.4 Å². The summed E-state index contributed by atoms with van der Waals surface area (Å²) >= 11 is 0. The molecule has 0 amide bonds. The van der Waals surface area contributed by atoms with Gasteiger partial charge in [-0.3, -0.25) is 0 Å². The van der Waals surface area contributed by atoms with Gasteiger partial charge in [-0.2, -0.15) is 0 Å². The van der Waals surface area contributed by atoms with E-state index in [4.69, 9.17) is 0 Å². The van der Waals surface area contributed by atoms with Crippen LogP contribution in [0.3, 0.4) is 0 Å². The van der Waals surface area contributed by atoms with Gasteiger partial charge in [0.05, 0.1) is 5.60 Å². The lowest BCUT2D eigenvalue weighted by molar-refractivity contribution is 0.0751. The molecule has 12 heavy (non-hydrogen) atoms. The molecule has 1 aliphatic rings. The summed E-state index contributed by atoms with van der Waals surface area (Å²) in [7, 11) is 4.04. The van der Waals surface area contributed by atoms with E-state index in [0.29, 0.717) is 0 Å². The monoisotopic (exact) mass is 167 g/mol. The van der Waals surface area contributed by atoms with Crippen LogP contribution >= 0.6 is 0 Å². The molecule has 1 rings (SSSR count). The summed E-state index contributed by atoms with van der Waals surface area (Å²) in [5.74, 6) is 0. The molecular formula is C10H17NO. The molecule has 0 aromatic rings. The molecule has 0 spiro atoms. The van der Waals surface area contributed by atoms with Crippen LogP contribution in [0.5, 0.6) is 0 Å². The van der Waals surface area contributed by atoms with E-state index in [1.807, 2.05) is 38.4 Å². The molecule has 1 unspecified atom stereocenters. The van der Waals surface area contributed by atoms with Gasteiger partial charge in [0.25, 0.3) is 0 Å². The minimum absolute atomic E-state index is 0.598. The van der Waals surface area contributed by atoms with Gasteiger partial charge in [-0.15, -0.1) is 0 Å². The molecule has 1 aliphatic carbocycles. The van der Waals surface area contributed by atoms with Crippen molar-refractivity contribution < 1.29 is 5.11 Å². The number of aliphatic hydroxyl groups is 1. The highest BCUT2D eigenvalue weighted by Crippen LogP contribution is 2.21. The van der Waals surface area contributed by atoms with E-state index in [-0.39, 0.29) is 0 Å². The van der Waals surface area contributed by atoms with Crippen molar-refractivity contribution in [1.29, 1.82) is 0 Å². The third kappa shape index (κ3) is 2.80. The summed E-state index contributed by atoms with van der Waals surface area (Å²) in [6.07, 6.45) is 9.34. The van der Waals surface area contributed by atoms with Crippen molar-refractivity contribution >= 4 is 0 Å². The lowest BCUT2D eigenvalue weighted by Gasteiger charge is -2.26. The van der Waals surface area contributed by atoms with Crippen molar-refractivity contribution in [3.8, 4) is 0 Å². The molecule has 2 nitrogen and oxygen atoms in total. The predicted octanol–water partition coefficient (Wildman–Crippen LogP) is 1.19. The second-order valence-electron chi connectivity index (χ2n) is 3.65. The second-order valence-corrected chi connectivity index (χ2v) is 3.65. The van der Waals surface area contributed by atoms with Crippen LogP contribution in [0.1, 0.15) is 12.8 Å². The third-order valence-electron chi connectivity index (χ3n) is 2.12. The van der Waals surface area contributed by atoms with Gasteiger partial charge in [0.15, 0.2) is 0 Å². The summed E-state index contributed by atoms with van der Waals surface area (Å²) in [6, 6.07) is 0. The van der Waals surface area contributed by atoms with Crippen molar-refractivity contribution in [2.24, 2.45) is 0 Å². The van der Waals surface area contributed by atoms with Gasteiger partial charge >= 0.3 is 0 Å². The Labute approximate surface area is 74.2 Å². The molecule has 0 saturated heterocycles. The minimum atomic E-state index is -0.598. The van der Waals surface area contributed by atoms with E-state index in [1.54, 1.807) is 0 Å². The molecule has 0 bridgehead atoms. The van der Waals surface area contributed by atoms with Crippen LogP contribution in [0.15, 0.2) is 24.3 Å². The third-order valence-corrected chi connectivity index (χ3v) is 2.12. The molecule has 0 radical (unpaired) electrons. The zero-order chi connectivity index (χ0) is 9.03. The Bertz CT molecular complexity index is 196. The molecule has 0 fully saturated rings. The van der Waals surface area contributed by atoms with Crippen LogP contribution in [0.4, 0.5) is 0 Å². The molecule has 0 aromatic carbocycles. The van der Waals surface area contributed by atoms with Crippen LogP contribution in [0.2, 0.25) is 0 Å². The van der Waals surface area contributed by atoms with E-state index in [2.05, 4.69) is 4.90 Å². The van der Waals surface area contributed by atoms with E-state index >= 15 is 0 Å². The van der Waals surface area contributed by atoms with Crippen molar-refractivity contribution in [3.05, 3.63) is 24.3 Å². The number of hydrogen-bond donors (Lipinski definition) is 1. The smallest absolute Gasteiger partial charge is 0.0877 e. The fourth-order valence-corrected chi connectivity index (χ4v) is 1.26. The first-order chi connectivity index (χ1) is 5.62. The van der Waals surface area contributed by atoms with Gasteiger partial charge in [-0.1, -0.05) is 24.3 Å². The van der Waals surface area contributed by atoms with Gasteiger partial charge in [0.1, 0.15) is 0 Å². The molecule has 1 atom stereocenters. The SMILES string of the molecule is CN(C)CCC1(O)C=CC=CC1. The molecule has 0 saturated carbocycles. The topological polar surface area (TPSA) is 23.5 Å². The van der Waals surface area contributed by atoms with Crippen LogP contribution in [0.25, 0.3) is 0 Å². The minimum Gasteiger partial charge on any atom is -0.385 e. The Morgan fingerprint density at radius 1 is 1.42 bits per heavy atom. The highest BCUT2D eigenvalue weighted by molar-refractivity contribution is 5.17. The zero-order valence-corrected chi connectivity index (χ0v) is 7.83. The van der Waals surface area contributed by atoms with Crippen molar-refractivity contribution in [1.82, 2.24) is 4.90 Å². The summed E-state index contributed by atoms with van der Waals surface area (Å²) < 4.78 is 0. The second kappa shape index (κ2) is 3.87. The van der Waals surface area contributed by atoms with Gasteiger partial charge in [0, 0.05) is 6.54 Å². The average Bonchev–Trinajstić information content (AvgIpc) is 2.03. The van der Waals surface area contributed by atoms with E-state index in [9.17, 15) is 5.11 Å². The first kappa shape index (κ1) is 9.49. The van der Waals surface area contributed by atoms with Gasteiger partial charge < -0.3 is 10.0 Å². The maximum Gasteiger partial charge on any atom is 0.0877 e. The number of allylic oxidation sites excluding steroid dienone is 2. The first-order valence-corrected chi connectivity index (χ1v) is 4.34. The lowest BCUT2D eigenvalue weighted by atomic mass is 9.92. The molecule has 0 aromatic heterocycles. The first-order valence-electron chi connectivity index (χ1n) is 4.34. The van der Waals surface area contributed by atoms with E-state index < -0.39 is 5.60 Å². The quantitative estimate of drug-likeness (QED) is 0.682. The molecule has 68 valence electrons. The molecule has 0 heterocycles. The van der Waals surface area contributed by atoms with Crippen LogP contribution < -0.4 is 0 Å². The van der Waals surface area contributed by atoms with Gasteiger partial charge in [-0.25, -0.2) is 0 Å². The average molecular weight is 167 g/mol. The largest absolute Gasteiger partial charge is 0.385 e. The maximum atomic E-state index is 9.96. The Morgan fingerprint density at radius 3 is 2.67 bits per heavy atom. The molecule has 0 aliphatic heterocycles. The zero-order valence-electron chi connectivity index (χ0n) is 7.83. The van der Waals surface area contributed by atoms with E-state index in [0.717, 1.165) is 19.4 Å². The number of hydrogen-bond acceptors (Lipinski definition) is 2. The van der Waals surface area contributed by atoms with Gasteiger partial charge in [-0.05, 0) is 26.9 Å². The molecule has 2 heteroatoms. The predicted molar refractivity (Wildman–Crippen MR) is 51.0 cm³/mol. The standard InChI is InChI=1S/C10H17NO/c1-11(2)9-8-10(12)6-4-3-5-7-10/h3-6,12H,7-9H2,1-2H3. The summed E-state index contributed by atoms with van der Waals surface area (Å²) in [5.41, 5.74) is -0.598.